The number of hydrogen-bond acceptors (Lipinski definition) is 6. The highest BCUT2D eigenvalue weighted by atomic mass is 16.5. The van der Waals surface area contributed by atoms with Crippen molar-refractivity contribution < 1.29 is 23.8 Å². The predicted molar refractivity (Wildman–Crippen MR) is 139 cm³/mol. The molecule has 0 radical (unpaired) electrons. The lowest BCUT2D eigenvalue weighted by atomic mass is 9.71. The van der Waals surface area contributed by atoms with Crippen LogP contribution in [0.15, 0.2) is 65.0 Å². The molecule has 2 aromatic rings. The Hall–Kier alpha value is -3.54. The Labute approximate surface area is 213 Å². The van der Waals surface area contributed by atoms with Gasteiger partial charge in [-0.3, -0.25) is 4.79 Å². The summed E-state index contributed by atoms with van der Waals surface area (Å²) in [6, 6.07) is 13.8. The molecule has 0 spiro atoms. The van der Waals surface area contributed by atoms with E-state index in [0.717, 1.165) is 34.5 Å². The topological polar surface area (TPSA) is 73.9 Å². The van der Waals surface area contributed by atoms with Crippen molar-refractivity contribution in [1.82, 2.24) is 5.32 Å². The molecule has 1 aliphatic carbocycles. The van der Waals surface area contributed by atoms with Crippen molar-refractivity contribution in [2.45, 2.75) is 64.9 Å². The van der Waals surface area contributed by atoms with E-state index in [1.165, 1.54) is 0 Å². The third-order valence-corrected chi connectivity index (χ3v) is 7.19. The number of ketones is 1. The molecule has 36 heavy (non-hydrogen) atoms. The predicted octanol–water partition coefficient (Wildman–Crippen LogP) is 5.72. The molecule has 0 saturated heterocycles. The lowest BCUT2D eigenvalue weighted by molar-refractivity contribution is -0.144. The summed E-state index contributed by atoms with van der Waals surface area (Å²) in [5.74, 6) is 0.489. The summed E-state index contributed by atoms with van der Waals surface area (Å²) in [5.41, 5.74) is 5.80. The number of Topliss-reactive ketones (excluding diaryl/α,β-unsaturated/α-hetero) is 1. The third-order valence-electron chi connectivity index (χ3n) is 7.19. The first-order valence-electron chi connectivity index (χ1n) is 12.5. The van der Waals surface area contributed by atoms with Crippen LogP contribution in [0, 0.1) is 6.92 Å². The molecule has 0 amide bonds. The molecule has 2 aromatic carbocycles. The highest BCUT2D eigenvalue weighted by Gasteiger charge is 2.41. The maximum Gasteiger partial charge on any atom is 0.337 e. The molecule has 6 heteroatoms. The summed E-state index contributed by atoms with van der Waals surface area (Å²) < 4.78 is 16.6. The Morgan fingerprint density at radius 1 is 1.03 bits per heavy atom. The first kappa shape index (κ1) is 25.5. The highest BCUT2D eigenvalue weighted by Crippen LogP contribution is 2.46. The van der Waals surface area contributed by atoms with Gasteiger partial charge in [0.15, 0.2) is 17.3 Å². The maximum absolute atomic E-state index is 13.8. The van der Waals surface area contributed by atoms with Crippen LogP contribution in [0.4, 0.5) is 0 Å². The van der Waals surface area contributed by atoms with Gasteiger partial charge in [0.05, 0.1) is 25.9 Å². The maximum atomic E-state index is 13.8. The van der Waals surface area contributed by atoms with Crippen molar-refractivity contribution in [2.24, 2.45) is 0 Å². The summed E-state index contributed by atoms with van der Waals surface area (Å²) in [5, 5.41) is 3.42. The van der Waals surface area contributed by atoms with Crippen molar-refractivity contribution in [3.8, 4) is 11.5 Å². The van der Waals surface area contributed by atoms with Crippen LogP contribution in [0.2, 0.25) is 0 Å². The lowest BCUT2D eigenvalue weighted by Gasteiger charge is -2.37. The van der Waals surface area contributed by atoms with Crippen molar-refractivity contribution in [3.05, 3.63) is 81.7 Å². The molecule has 4 rings (SSSR count). The normalized spacial score (nSPS) is 20.4. The molecule has 0 saturated carbocycles. The van der Waals surface area contributed by atoms with Gasteiger partial charge in [-0.15, -0.1) is 0 Å². The van der Waals surface area contributed by atoms with Crippen LogP contribution in [0.3, 0.4) is 0 Å². The number of dihydropyridines is 1. The van der Waals surface area contributed by atoms with Crippen molar-refractivity contribution in [1.29, 1.82) is 0 Å². The summed E-state index contributed by atoms with van der Waals surface area (Å²) in [6.07, 6.45) is 1.53. The molecule has 6 nitrogen and oxygen atoms in total. The summed E-state index contributed by atoms with van der Waals surface area (Å²) in [6.45, 7) is 7.78. The zero-order valence-corrected chi connectivity index (χ0v) is 21.9. The van der Waals surface area contributed by atoms with Gasteiger partial charge in [-0.2, -0.15) is 0 Å². The van der Waals surface area contributed by atoms with E-state index in [1.54, 1.807) is 14.2 Å². The number of nitrogens with one attached hydrogen (secondary N) is 1. The van der Waals surface area contributed by atoms with Gasteiger partial charge in [-0.05, 0) is 62.8 Å². The van der Waals surface area contributed by atoms with Gasteiger partial charge < -0.3 is 19.5 Å². The highest BCUT2D eigenvalue weighted by molar-refractivity contribution is 6.04. The minimum atomic E-state index is -0.462. The second kappa shape index (κ2) is 10.6. The number of carbonyl (C=O) groups is 2. The van der Waals surface area contributed by atoms with E-state index in [4.69, 9.17) is 14.2 Å². The van der Waals surface area contributed by atoms with E-state index in [1.807, 2.05) is 64.1 Å². The Morgan fingerprint density at radius 3 is 2.44 bits per heavy atom. The van der Waals surface area contributed by atoms with Crippen LogP contribution >= 0.6 is 0 Å². The minimum Gasteiger partial charge on any atom is -0.493 e. The van der Waals surface area contributed by atoms with E-state index >= 15 is 0 Å². The molecule has 190 valence electrons. The number of esters is 1. The Kier molecular flexibility index (Phi) is 7.53. The van der Waals surface area contributed by atoms with Gasteiger partial charge in [0.1, 0.15) is 0 Å². The number of allylic oxidation sites excluding steroid dienone is 3. The van der Waals surface area contributed by atoms with Crippen LogP contribution in [-0.2, 0) is 14.3 Å². The van der Waals surface area contributed by atoms with Crippen LogP contribution in [0.25, 0.3) is 0 Å². The average molecular weight is 490 g/mol. The van der Waals surface area contributed by atoms with E-state index < -0.39 is 5.92 Å². The SMILES string of the molecule is CC[C@H](C)OC(=O)C1=C(C)NC2=C(C(=O)C[C@@H](c3ccc(OC)c(OC)c3)C2)[C@H]1c1cccc(C)c1. The van der Waals surface area contributed by atoms with Gasteiger partial charge in [-0.25, -0.2) is 4.79 Å². The Morgan fingerprint density at radius 2 is 1.78 bits per heavy atom. The second-order valence-corrected chi connectivity index (χ2v) is 9.67. The van der Waals surface area contributed by atoms with Gasteiger partial charge >= 0.3 is 5.97 Å². The fraction of sp³-hybridized carbons (Fsp3) is 0.400. The number of aryl methyl sites for hydroxylation is 1. The minimum absolute atomic E-state index is 0.0110. The molecule has 1 heterocycles. The smallest absolute Gasteiger partial charge is 0.337 e. The molecule has 0 bridgehead atoms. The lowest BCUT2D eigenvalue weighted by Crippen LogP contribution is -2.36. The number of methoxy groups -OCH3 is 2. The number of rotatable bonds is 7. The van der Waals surface area contributed by atoms with Crippen LogP contribution in [0.1, 0.15) is 68.6 Å². The van der Waals surface area contributed by atoms with E-state index in [0.29, 0.717) is 35.5 Å². The molecular formula is C30H35NO5. The number of carbonyl (C=O) groups excluding carboxylic acids is 2. The molecule has 1 aliphatic heterocycles. The molecular weight excluding hydrogens is 454 g/mol. The number of hydrogen-bond donors (Lipinski definition) is 1. The molecule has 0 aromatic heterocycles. The standard InChI is InChI=1S/C30H35NO5/c1-7-18(3)36-30(33)27-19(4)31-23-14-22(20-11-12-25(34-5)26(16-20)35-6)15-24(32)29(23)28(27)21-10-8-9-17(2)13-21/h8-13,16,18,22,28,31H,7,14-15H2,1-6H3/t18-,22-,28-/m0/s1. The average Bonchev–Trinajstić information content (AvgIpc) is 2.86. The van der Waals surface area contributed by atoms with Crippen LogP contribution in [-0.4, -0.2) is 32.1 Å². The van der Waals surface area contributed by atoms with Gasteiger partial charge in [0, 0.05) is 29.3 Å². The van der Waals surface area contributed by atoms with Crippen molar-refractivity contribution in [3.63, 3.8) is 0 Å². The van der Waals surface area contributed by atoms with Crippen LogP contribution in [0.5, 0.6) is 11.5 Å². The fourth-order valence-electron chi connectivity index (χ4n) is 5.16. The largest absolute Gasteiger partial charge is 0.493 e. The summed E-state index contributed by atoms with van der Waals surface area (Å²) >= 11 is 0. The molecule has 1 N–H and O–H groups in total. The first-order chi connectivity index (χ1) is 17.3. The third kappa shape index (κ3) is 4.90. The van der Waals surface area contributed by atoms with Gasteiger partial charge in [-0.1, -0.05) is 42.8 Å². The molecule has 0 fully saturated rings. The first-order valence-corrected chi connectivity index (χ1v) is 12.5. The zero-order valence-electron chi connectivity index (χ0n) is 21.9. The Balaban J connectivity index is 1.76. The van der Waals surface area contributed by atoms with E-state index in [-0.39, 0.29) is 23.8 Å². The van der Waals surface area contributed by atoms with Crippen molar-refractivity contribution >= 4 is 11.8 Å². The van der Waals surface area contributed by atoms with Gasteiger partial charge in [0.2, 0.25) is 0 Å². The molecule has 0 unspecified atom stereocenters. The fourth-order valence-corrected chi connectivity index (χ4v) is 5.16. The summed E-state index contributed by atoms with van der Waals surface area (Å²) in [4.78, 5) is 27.1. The van der Waals surface area contributed by atoms with E-state index in [9.17, 15) is 9.59 Å². The van der Waals surface area contributed by atoms with Crippen LogP contribution < -0.4 is 14.8 Å². The summed E-state index contributed by atoms with van der Waals surface area (Å²) in [7, 11) is 3.21. The number of benzene rings is 2. The van der Waals surface area contributed by atoms with Gasteiger partial charge in [0.25, 0.3) is 0 Å². The molecule has 3 atom stereocenters. The molecule has 2 aliphatic rings. The zero-order chi connectivity index (χ0) is 26.0. The monoisotopic (exact) mass is 489 g/mol. The Bertz CT molecular complexity index is 1240. The number of ether oxygens (including phenoxy) is 3. The van der Waals surface area contributed by atoms with Crippen molar-refractivity contribution in [2.75, 3.05) is 14.2 Å². The second-order valence-electron chi connectivity index (χ2n) is 9.67. The quantitative estimate of drug-likeness (QED) is 0.502. The van der Waals surface area contributed by atoms with E-state index in [2.05, 4.69) is 11.4 Å².